The third-order valence-corrected chi connectivity index (χ3v) is 9.10. The Bertz CT molecular complexity index is 1740. The van der Waals surface area contributed by atoms with E-state index >= 15 is 0 Å². The van der Waals surface area contributed by atoms with E-state index in [1.165, 1.54) is 25.3 Å². The summed E-state index contributed by atoms with van der Waals surface area (Å²) in [5, 5.41) is 0.800. The zero-order valence-electron chi connectivity index (χ0n) is 23.2. The van der Waals surface area contributed by atoms with Gasteiger partial charge < -0.3 is 19.8 Å². The van der Waals surface area contributed by atoms with E-state index in [0.717, 1.165) is 42.1 Å². The molecule has 1 heterocycles. The maximum absolute atomic E-state index is 12.9. The lowest BCUT2D eigenvalue weighted by atomic mass is 9.96. The van der Waals surface area contributed by atoms with Gasteiger partial charge in [-0.3, -0.25) is 4.79 Å². The van der Waals surface area contributed by atoms with Crippen molar-refractivity contribution in [2.75, 3.05) is 7.11 Å². The summed E-state index contributed by atoms with van der Waals surface area (Å²) in [4.78, 5) is 25.8. The Hall–Kier alpha value is -4.15. The van der Waals surface area contributed by atoms with Crippen LogP contribution in [0.2, 0.25) is 0 Å². The Balaban J connectivity index is 1.43. The number of amides is 1. The van der Waals surface area contributed by atoms with Crippen LogP contribution in [0.15, 0.2) is 71.8 Å². The number of nitrogens with one attached hydrogen (secondary N) is 1. The molecule has 1 amide bonds. The molecule has 9 nitrogen and oxygen atoms in total. The van der Waals surface area contributed by atoms with Crippen molar-refractivity contribution in [2.45, 2.75) is 49.6 Å². The normalized spacial score (nSPS) is 14.6. The van der Waals surface area contributed by atoms with Gasteiger partial charge in [-0.25, -0.2) is 17.9 Å². The number of ether oxygens (including phenoxy) is 2. The predicted octanol–water partition coefficient (Wildman–Crippen LogP) is 4.76. The van der Waals surface area contributed by atoms with E-state index in [1.807, 2.05) is 23.9 Å². The topological polar surface area (TPSA) is 130 Å². The smallest absolute Gasteiger partial charge is 0.338 e. The summed E-state index contributed by atoms with van der Waals surface area (Å²) in [5.74, 6) is -0.815. The Morgan fingerprint density at radius 1 is 1.00 bits per heavy atom. The fourth-order valence-electron chi connectivity index (χ4n) is 5.39. The molecule has 1 unspecified atom stereocenters. The average molecular weight is 576 g/mol. The van der Waals surface area contributed by atoms with Crippen molar-refractivity contribution in [3.8, 4) is 5.75 Å². The molecular weight excluding hydrogens is 542 g/mol. The minimum Gasteiger partial charge on any atom is -0.496 e. The van der Waals surface area contributed by atoms with Crippen LogP contribution >= 0.6 is 0 Å². The van der Waals surface area contributed by atoms with E-state index in [2.05, 4.69) is 4.72 Å². The zero-order chi connectivity index (χ0) is 29.3. The van der Waals surface area contributed by atoms with Crippen molar-refractivity contribution >= 4 is 32.8 Å². The molecule has 214 valence electrons. The fraction of sp³-hybridized carbons (Fsp3) is 0.290. The highest BCUT2D eigenvalue weighted by Gasteiger charge is 2.25. The lowest BCUT2D eigenvalue weighted by Gasteiger charge is -2.17. The van der Waals surface area contributed by atoms with Gasteiger partial charge in [0.05, 0.1) is 23.6 Å². The number of carbonyl (C=O) groups is 2. The highest BCUT2D eigenvalue weighted by Crippen LogP contribution is 2.35. The number of nitrogens with two attached hydrogens (primary N) is 1. The van der Waals surface area contributed by atoms with Gasteiger partial charge in [0.1, 0.15) is 11.9 Å². The van der Waals surface area contributed by atoms with Gasteiger partial charge in [0.25, 0.3) is 15.9 Å². The number of sulfonamides is 1. The fourth-order valence-corrected chi connectivity index (χ4v) is 6.62. The van der Waals surface area contributed by atoms with Crippen molar-refractivity contribution in [1.82, 2.24) is 9.29 Å². The highest BCUT2D eigenvalue weighted by molar-refractivity contribution is 7.90. The van der Waals surface area contributed by atoms with Crippen LogP contribution in [0.4, 0.5) is 0 Å². The number of benzene rings is 3. The second kappa shape index (κ2) is 11.4. The molecule has 0 radical (unpaired) electrons. The lowest BCUT2D eigenvalue weighted by molar-refractivity contribution is 0.0318. The molecule has 0 bridgehead atoms. The molecule has 3 N–H and O–H groups in total. The van der Waals surface area contributed by atoms with Crippen molar-refractivity contribution in [2.24, 2.45) is 12.8 Å². The Labute approximate surface area is 239 Å². The molecule has 1 aliphatic carbocycles. The van der Waals surface area contributed by atoms with Gasteiger partial charge in [0, 0.05) is 35.3 Å². The third-order valence-electron chi connectivity index (χ3n) is 7.61. The molecule has 1 saturated carbocycles. The second-order valence-corrected chi connectivity index (χ2v) is 12.0. The number of aromatic nitrogens is 1. The van der Waals surface area contributed by atoms with Gasteiger partial charge >= 0.3 is 5.97 Å². The maximum Gasteiger partial charge on any atom is 0.338 e. The SMILES string of the molecule is COc1cc(C(=O)NS(=O)(=O)c2ccccc2C)ccc1C(N)c1cn(C)c2ccc(C(=O)OC3CCCC3)cc12. The van der Waals surface area contributed by atoms with Crippen molar-refractivity contribution in [1.29, 1.82) is 0 Å². The van der Waals surface area contributed by atoms with E-state index in [4.69, 9.17) is 15.2 Å². The minimum atomic E-state index is -4.07. The molecular formula is C31H33N3O6S. The number of rotatable bonds is 8. The van der Waals surface area contributed by atoms with Crippen LogP contribution in [0.3, 0.4) is 0 Å². The first kappa shape index (κ1) is 28.4. The number of esters is 1. The monoisotopic (exact) mass is 575 g/mol. The molecule has 10 heteroatoms. The average Bonchev–Trinajstić information content (AvgIpc) is 3.59. The van der Waals surface area contributed by atoms with Gasteiger partial charge in [-0.15, -0.1) is 0 Å². The number of hydrogen-bond acceptors (Lipinski definition) is 7. The minimum absolute atomic E-state index is 0.0291. The molecule has 41 heavy (non-hydrogen) atoms. The number of nitrogens with zero attached hydrogens (tertiary/aromatic N) is 1. The third kappa shape index (κ3) is 5.71. The van der Waals surface area contributed by atoms with Crippen LogP contribution in [-0.2, 0) is 21.8 Å². The van der Waals surface area contributed by atoms with Crippen LogP contribution in [0, 0.1) is 6.92 Å². The van der Waals surface area contributed by atoms with Crippen molar-refractivity contribution in [3.05, 3.63) is 94.7 Å². The molecule has 0 aliphatic heterocycles. The first-order valence-electron chi connectivity index (χ1n) is 13.5. The second-order valence-electron chi connectivity index (χ2n) is 10.4. The Morgan fingerprint density at radius 3 is 2.41 bits per heavy atom. The van der Waals surface area contributed by atoms with E-state index < -0.39 is 22.0 Å². The van der Waals surface area contributed by atoms with E-state index in [-0.39, 0.29) is 22.5 Å². The van der Waals surface area contributed by atoms with Crippen LogP contribution < -0.4 is 15.2 Å². The lowest BCUT2D eigenvalue weighted by Crippen LogP contribution is -2.31. The quantitative estimate of drug-likeness (QED) is 0.290. The van der Waals surface area contributed by atoms with Crippen molar-refractivity contribution in [3.63, 3.8) is 0 Å². The predicted molar refractivity (Wildman–Crippen MR) is 155 cm³/mol. The zero-order valence-corrected chi connectivity index (χ0v) is 24.0. The van der Waals surface area contributed by atoms with Gasteiger partial charge in [-0.1, -0.05) is 24.3 Å². The number of hydrogen-bond donors (Lipinski definition) is 2. The number of aryl methyl sites for hydroxylation is 2. The largest absolute Gasteiger partial charge is 0.496 e. The summed E-state index contributed by atoms with van der Waals surface area (Å²) in [6.07, 6.45) is 5.78. The summed E-state index contributed by atoms with van der Waals surface area (Å²) in [5.41, 5.74) is 10.1. The highest BCUT2D eigenvalue weighted by atomic mass is 32.2. The van der Waals surface area contributed by atoms with Crippen LogP contribution in [0.1, 0.15) is 69.1 Å². The van der Waals surface area contributed by atoms with Crippen LogP contribution in [-0.4, -0.2) is 38.1 Å². The first-order valence-corrected chi connectivity index (χ1v) is 14.9. The van der Waals surface area contributed by atoms with Gasteiger partial charge in [0.2, 0.25) is 0 Å². The molecule has 1 fully saturated rings. The van der Waals surface area contributed by atoms with Crippen molar-refractivity contribution < 1.29 is 27.5 Å². The molecule has 1 aliphatic rings. The first-order chi connectivity index (χ1) is 19.6. The molecule has 5 rings (SSSR count). The van der Waals surface area contributed by atoms with E-state index in [1.54, 1.807) is 43.3 Å². The summed E-state index contributed by atoms with van der Waals surface area (Å²) in [6, 6.07) is 15.8. The Morgan fingerprint density at radius 2 is 1.71 bits per heavy atom. The Kier molecular flexibility index (Phi) is 7.88. The van der Waals surface area contributed by atoms with Crippen LogP contribution in [0.5, 0.6) is 5.75 Å². The van der Waals surface area contributed by atoms with Crippen LogP contribution in [0.25, 0.3) is 10.9 Å². The van der Waals surface area contributed by atoms with Gasteiger partial charge in [-0.2, -0.15) is 0 Å². The molecule has 3 aromatic carbocycles. The van der Waals surface area contributed by atoms with Gasteiger partial charge in [0.15, 0.2) is 0 Å². The van der Waals surface area contributed by atoms with E-state index in [9.17, 15) is 18.0 Å². The summed E-state index contributed by atoms with van der Waals surface area (Å²) in [7, 11) is -0.720. The number of carbonyl (C=O) groups excluding carboxylic acids is 2. The number of methoxy groups -OCH3 is 1. The maximum atomic E-state index is 12.9. The molecule has 0 spiro atoms. The number of fused-ring (bicyclic) bond motifs is 1. The van der Waals surface area contributed by atoms with E-state index in [0.29, 0.717) is 22.4 Å². The molecule has 1 atom stereocenters. The standard InChI is InChI=1S/C31H33N3O6S/c1-19-8-4-7-11-28(19)41(37,38)33-30(35)20-12-14-23(27(17-20)39-3)29(32)25-18-34(2)26-15-13-21(16-24(25)26)31(36)40-22-9-5-6-10-22/h4,7-8,11-18,22,29H,5-6,9-10,32H2,1-3H3,(H,33,35). The molecule has 1 aromatic heterocycles. The molecule has 0 saturated heterocycles. The molecule has 4 aromatic rings. The summed E-state index contributed by atoms with van der Waals surface area (Å²) >= 11 is 0. The van der Waals surface area contributed by atoms with Gasteiger partial charge in [-0.05, 0) is 80.1 Å². The summed E-state index contributed by atoms with van der Waals surface area (Å²) in [6.45, 7) is 1.66. The summed E-state index contributed by atoms with van der Waals surface area (Å²) < 4.78 is 41.0.